The molecule has 0 bridgehead atoms. The average molecular weight is 208 g/mol. The number of rotatable bonds is 1. The van der Waals surface area contributed by atoms with Gasteiger partial charge in [-0.05, 0) is 42.3 Å². The summed E-state index contributed by atoms with van der Waals surface area (Å²) in [6.07, 6.45) is 0. The molecular weight excluding hydrogens is 196 g/mol. The molecule has 0 aliphatic heterocycles. The maximum Gasteiger partial charge on any atom is 0.0460 e. The highest BCUT2D eigenvalue weighted by Gasteiger charge is 1.87. The van der Waals surface area contributed by atoms with E-state index in [2.05, 4.69) is 17.3 Å². The van der Waals surface area contributed by atoms with E-state index in [9.17, 15) is 0 Å². The van der Waals surface area contributed by atoms with Crippen molar-refractivity contribution in [2.45, 2.75) is 0 Å². The lowest BCUT2D eigenvalue weighted by Crippen LogP contribution is -1.89. The van der Waals surface area contributed by atoms with Crippen LogP contribution in [-0.4, -0.2) is 0 Å². The zero-order valence-corrected chi connectivity index (χ0v) is 8.77. The van der Waals surface area contributed by atoms with Crippen LogP contribution in [0.5, 0.6) is 0 Å². The van der Waals surface area contributed by atoms with E-state index in [0.717, 1.165) is 16.9 Å². The van der Waals surface area contributed by atoms with Crippen molar-refractivity contribution in [3.63, 3.8) is 0 Å². The second kappa shape index (κ2) is 4.90. The molecular formula is C14H12N2. The van der Waals surface area contributed by atoms with Crippen molar-refractivity contribution in [1.29, 1.82) is 0 Å². The summed E-state index contributed by atoms with van der Waals surface area (Å²) in [5.74, 6) is 3.02. The summed E-state index contributed by atoms with van der Waals surface area (Å²) in [5.41, 5.74) is 8.27. The van der Waals surface area contributed by atoms with Gasteiger partial charge in [0.05, 0.1) is 0 Å². The van der Waals surface area contributed by atoms with Gasteiger partial charge in [0.25, 0.3) is 0 Å². The van der Waals surface area contributed by atoms with E-state index < -0.39 is 0 Å². The quantitative estimate of drug-likeness (QED) is 0.429. The summed E-state index contributed by atoms with van der Waals surface area (Å²) in [4.78, 5) is 0. The minimum absolute atomic E-state index is 0.751. The highest BCUT2D eigenvalue weighted by molar-refractivity contribution is 5.54. The van der Waals surface area contributed by atoms with Crippen molar-refractivity contribution < 1.29 is 0 Å². The molecule has 16 heavy (non-hydrogen) atoms. The van der Waals surface area contributed by atoms with Gasteiger partial charge in [0.15, 0.2) is 0 Å². The molecule has 0 fully saturated rings. The van der Waals surface area contributed by atoms with Crippen molar-refractivity contribution in [2.75, 3.05) is 11.1 Å². The van der Waals surface area contributed by atoms with Gasteiger partial charge < -0.3 is 11.1 Å². The lowest BCUT2D eigenvalue weighted by Gasteiger charge is -1.97. The summed E-state index contributed by atoms with van der Waals surface area (Å²) >= 11 is 0. The molecule has 2 heteroatoms. The van der Waals surface area contributed by atoms with Crippen molar-refractivity contribution in [3.05, 3.63) is 60.2 Å². The zero-order valence-electron chi connectivity index (χ0n) is 8.77. The summed E-state index contributed by atoms with van der Waals surface area (Å²) in [6, 6.07) is 20.2. The molecule has 0 atom stereocenters. The van der Waals surface area contributed by atoms with Crippen molar-refractivity contribution in [3.8, 4) is 12.0 Å². The lowest BCUT2D eigenvalue weighted by molar-refractivity contribution is 1.61. The van der Waals surface area contributed by atoms with Gasteiger partial charge >= 0.3 is 0 Å². The number of nitrogen functional groups attached to an aromatic ring is 1. The minimum Gasteiger partial charge on any atom is -0.399 e. The Balaban J connectivity index is 2.03. The Hall–Kier alpha value is -2.40. The Morgan fingerprint density at radius 2 is 1.56 bits per heavy atom. The monoisotopic (exact) mass is 208 g/mol. The fourth-order valence-corrected chi connectivity index (χ4v) is 1.26. The van der Waals surface area contributed by atoms with Crippen molar-refractivity contribution >= 4 is 11.4 Å². The van der Waals surface area contributed by atoms with Crippen LogP contribution in [0.1, 0.15) is 5.56 Å². The topological polar surface area (TPSA) is 38.0 Å². The lowest BCUT2D eigenvalue weighted by atomic mass is 10.2. The van der Waals surface area contributed by atoms with E-state index in [0.29, 0.717) is 0 Å². The first-order valence-electron chi connectivity index (χ1n) is 5.02. The first-order valence-corrected chi connectivity index (χ1v) is 5.02. The van der Waals surface area contributed by atoms with Gasteiger partial charge in [-0.3, -0.25) is 0 Å². The maximum absolute atomic E-state index is 5.58. The second-order valence-corrected chi connectivity index (χ2v) is 3.36. The van der Waals surface area contributed by atoms with E-state index in [4.69, 9.17) is 5.73 Å². The molecule has 2 aromatic carbocycles. The molecule has 2 rings (SSSR count). The molecule has 0 heterocycles. The zero-order chi connectivity index (χ0) is 11.2. The third-order valence-corrected chi connectivity index (χ3v) is 2.10. The van der Waals surface area contributed by atoms with E-state index in [1.807, 2.05) is 54.6 Å². The normalized spacial score (nSPS) is 9.00. The van der Waals surface area contributed by atoms with Crippen LogP contribution in [0, 0.1) is 12.0 Å². The predicted octanol–water partition coefficient (Wildman–Crippen LogP) is 2.69. The van der Waals surface area contributed by atoms with Crippen LogP contribution in [0.2, 0.25) is 0 Å². The van der Waals surface area contributed by atoms with Gasteiger partial charge in [-0.2, -0.15) is 0 Å². The fraction of sp³-hybridized carbons (Fsp3) is 0. The molecule has 0 saturated carbocycles. The molecule has 0 amide bonds. The highest BCUT2D eigenvalue weighted by Crippen LogP contribution is 2.09. The Bertz CT molecular complexity index is 504. The number of benzene rings is 2. The third kappa shape index (κ3) is 2.79. The van der Waals surface area contributed by atoms with Crippen LogP contribution in [0.4, 0.5) is 11.4 Å². The number of anilines is 2. The summed E-state index contributed by atoms with van der Waals surface area (Å²) < 4.78 is 0. The first-order chi connectivity index (χ1) is 7.84. The van der Waals surface area contributed by atoms with Crippen LogP contribution in [0.3, 0.4) is 0 Å². The molecule has 0 saturated heterocycles. The Labute approximate surface area is 95.1 Å². The van der Waals surface area contributed by atoms with Crippen LogP contribution in [-0.2, 0) is 0 Å². The Kier molecular flexibility index (Phi) is 3.10. The predicted molar refractivity (Wildman–Crippen MR) is 67.8 cm³/mol. The molecule has 0 aromatic heterocycles. The molecule has 3 N–H and O–H groups in total. The molecule has 0 spiro atoms. The van der Waals surface area contributed by atoms with Crippen LogP contribution in [0.25, 0.3) is 0 Å². The fourth-order valence-electron chi connectivity index (χ4n) is 1.26. The molecule has 78 valence electrons. The maximum atomic E-state index is 5.58. The summed E-state index contributed by atoms with van der Waals surface area (Å²) in [6.45, 7) is 0. The molecule has 2 nitrogen and oxygen atoms in total. The van der Waals surface area contributed by atoms with E-state index in [-0.39, 0.29) is 0 Å². The van der Waals surface area contributed by atoms with Gasteiger partial charge in [0.1, 0.15) is 0 Å². The van der Waals surface area contributed by atoms with Crippen molar-refractivity contribution in [1.82, 2.24) is 0 Å². The second-order valence-electron chi connectivity index (χ2n) is 3.36. The molecule has 0 unspecified atom stereocenters. The molecule has 2 aromatic rings. The van der Waals surface area contributed by atoms with Gasteiger partial charge in [-0.25, -0.2) is 0 Å². The Morgan fingerprint density at radius 3 is 2.25 bits per heavy atom. The van der Waals surface area contributed by atoms with Gasteiger partial charge in [-0.1, -0.05) is 18.2 Å². The number of hydrogen-bond donors (Lipinski definition) is 2. The molecule has 0 radical (unpaired) electrons. The number of nitrogens with two attached hydrogens (primary N) is 1. The third-order valence-electron chi connectivity index (χ3n) is 2.10. The minimum atomic E-state index is 0.751. The molecule has 0 aliphatic rings. The van der Waals surface area contributed by atoms with Crippen LogP contribution < -0.4 is 11.1 Å². The standard InChI is InChI=1S/C14H12N2/c15-13-6-8-14(9-7-13)16-11-10-12-4-2-1-3-5-12/h1-9,16H,15H2. The largest absolute Gasteiger partial charge is 0.399 e. The average Bonchev–Trinajstić information content (AvgIpc) is 2.33. The Morgan fingerprint density at radius 1 is 0.875 bits per heavy atom. The SMILES string of the molecule is Nc1ccc(NC#Cc2ccccc2)cc1. The van der Waals surface area contributed by atoms with E-state index in [1.54, 1.807) is 0 Å². The summed E-state index contributed by atoms with van der Waals surface area (Å²) in [5, 5.41) is 3.00. The van der Waals surface area contributed by atoms with Crippen LogP contribution >= 0.6 is 0 Å². The first kappa shape index (κ1) is 10.1. The van der Waals surface area contributed by atoms with Crippen molar-refractivity contribution in [2.24, 2.45) is 0 Å². The number of nitrogens with one attached hydrogen (secondary N) is 1. The van der Waals surface area contributed by atoms with Crippen LogP contribution in [0.15, 0.2) is 54.6 Å². The van der Waals surface area contributed by atoms with E-state index >= 15 is 0 Å². The van der Waals surface area contributed by atoms with Gasteiger partial charge in [0, 0.05) is 23.0 Å². The number of hydrogen-bond acceptors (Lipinski definition) is 2. The smallest absolute Gasteiger partial charge is 0.0460 e. The van der Waals surface area contributed by atoms with E-state index in [1.165, 1.54) is 0 Å². The summed E-state index contributed by atoms with van der Waals surface area (Å²) in [7, 11) is 0. The highest BCUT2D eigenvalue weighted by atomic mass is 14.8. The molecule has 0 aliphatic carbocycles. The van der Waals surface area contributed by atoms with Gasteiger partial charge in [-0.15, -0.1) is 0 Å². The van der Waals surface area contributed by atoms with Gasteiger partial charge in [0.2, 0.25) is 0 Å².